The molecule has 0 unspecified atom stereocenters. The molecule has 35 heavy (non-hydrogen) atoms. The zero-order valence-electron chi connectivity index (χ0n) is 20.3. The average Bonchev–Trinajstić information content (AvgIpc) is 3.39. The number of carbonyl (C=O) groups excluding carboxylic acids is 1. The van der Waals surface area contributed by atoms with Crippen LogP contribution in [-0.2, 0) is 0 Å². The molecule has 0 bridgehead atoms. The van der Waals surface area contributed by atoms with Crippen LogP contribution in [0.2, 0.25) is 0 Å². The van der Waals surface area contributed by atoms with Crippen molar-refractivity contribution in [2.45, 2.75) is 26.7 Å². The van der Waals surface area contributed by atoms with Crippen LogP contribution < -0.4 is 4.90 Å². The Morgan fingerprint density at radius 3 is 2.40 bits per heavy atom. The van der Waals surface area contributed by atoms with Crippen molar-refractivity contribution in [1.82, 2.24) is 19.9 Å². The van der Waals surface area contributed by atoms with Crippen LogP contribution in [0.15, 0.2) is 71.3 Å². The van der Waals surface area contributed by atoms with Crippen LogP contribution in [0, 0.1) is 6.92 Å². The number of benzene rings is 2. The molecule has 2 aromatic carbocycles. The molecule has 1 saturated heterocycles. The van der Waals surface area contributed by atoms with Gasteiger partial charge >= 0.3 is 0 Å². The summed E-state index contributed by atoms with van der Waals surface area (Å²) >= 11 is 0. The lowest BCUT2D eigenvalue weighted by atomic mass is 10.1. The minimum absolute atomic E-state index is 0.0125. The van der Waals surface area contributed by atoms with Crippen LogP contribution in [-0.4, -0.2) is 51.9 Å². The van der Waals surface area contributed by atoms with Gasteiger partial charge in [-0.2, -0.15) is 0 Å². The fourth-order valence-electron chi connectivity index (χ4n) is 4.29. The molecular formula is C28H29N5O2. The summed E-state index contributed by atoms with van der Waals surface area (Å²) in [4.78, 5) is 31.4. The second-order valence-electron chi connectivity index (χ2n) is 9.10. The van der Waals surface area contributed by atoms with Crippen LogP contribution in [0.3, 0.4) is 0 Å². The number of hydrogen-bond acceptors (Lipinski definition) is 6. The molecule has 0 spiro atoms. The van der Waals surface area contributed by atoms with E-state index in [0.717, 1.165) is 36.0 Å². The van der Waals surface area contributed by atoms with E-state index in [2.05, 4.69) is 28.7 Å². The minimum atomic E-state index is -0.0125. The number of piperazine rings is 1. The Kier molecular flexibility index (Phi) is 6.31. The molecule has 1 aliphatic rings. The van der Waals surface area contributed by atoms with Gasteiger partial charge in [-0.25, -0.2) is 15.0 Å². The number of amides is 1. The van der Waals surface area contributed by atoms with Crippen molar-refractivity contribution in [3.8, 4) is 22.8 Å². The first-order valence-electron chi connectivity index (χ1n) is 12.0. The summed E-state index contributed by atoms with van der Waals surface area (Å²) in [5.74, 6) is 3.17. The number of aromatic nitrogens is 3. The first-order valence-corrected chi connectivity index (χ1v) is 12.0. The average molecular weight is 468 g/mol. The molecule has 7 heteroatoms. The number of carbonyl (C=O) groups is 1. The molecule has 1 amide bonds. The van der Waals surface area contributed by atoms with Gasteiger partial charge in [-0.3, -0.25) is 4.79 Å². The lowest BCUT2D eigenvalue weighted by Crippen LogP contribution is -2.49. The summed E-state index contributed by atoms with van der Waals surface area (Å²) in [5, 5.41) is 0. The zero-order valence-corrected chi connectivity index (χ0v) is 20.3. The maximum absolute atomic E-state index is 13.5. The largest absolute Gasteiger partial charge is 0.436 e. The Labute approximate surface area is 205 Å². The van der Waals surface area contributed by atoms with Crippen molar-refractivity contribution in [2.24, 2.45) is 0 Å². The molecule has 1 fully saturated rings. The van der Waals surface area contributed by atoms with Gasteiger partial charge in [-0.1, -0.05) is 56.3 Å². The summed E-state index contributed by atoms with van der Waals surface area (Å²) in [7, 11) is 0. The van der Waals surface area contributed by atoms with Crippen molar-refractivity contribution in [2.75, 3.05) is 31.1 Å². The fraction of sp³-hybridized carbons (Fsp3) is 0.286. The molecule has 1 aliphatic heterocycles. The van der Waals surface area contributed by atoms with Crippen molar-refractivity contribution in [3.63, 3.8) is 0 Å². The maximum atomic E-state index is 13.5. The van der Waals surface area contributed by atoms with Gasteiger partial charge in [0.05, 0.1) is 11.8 Å². The van der Waals surface area contributed by atoms with E-state index < -0.39 is 0 Å². The van der Waals surface area contributed by atoms with Gasteiger partial charge in [-0.15, -0.1) is 0 Å². The van der Waals surface area contributed by atoms with Crippen molar-refractivity contribution in [1.29, 1.82) is 0 Å². The van der Waals surface area contributed by atoms with Gasteiger partial charge in [0.15, 0.2) is 5.76 Å². The Morgan fingerprint density at radius 2 is 1.66 bits per heavy atom. The van der Waals surface area contributed by atoms with Gasteiger partial charge in [0.25, 0.3) is 5.91 Å². The molecule has 2 aromatic heterocycles. The van der Waals surface area contributed by atoms with Gasteiger partial charge < -0.3 is 14.2 Å². The number of rotatable bonds is 5. The standard InChI is InChI=1S/C28H29N5O2/c1-19(2)26-30-20(3)17-25(31-26)32-13-15-33(16-14-32)28(34)23-12-8-7-11-22(23)27-29-18-24(35-27)21-9-5-4-6-10-21/h4-12,17-19H,13-16H2,1-3H3. The number of aryl methyl sites for hydroxylation is 1. The predicted octanol–water partition coefficient (Wildman–Crippen LogP) is 5.19. The summed E-state index contributed by atoms with van der Waals surface area (Å²) in [6.07, 6.45) is 1.71. The number of hydrogen-bond donors (Lipinski definition) is 0. The summed E-state index contributed by atoms with van der Waals surface area (Å²) in [6.45, 7) is 8.88. The van der Waals surface area contributed by atoms with E-state index in [1.807, 2.05) is 72.5 Å². The van der Waals surface area contributed by atoms with Crippen LogP contribution in [0.25, 0.3) is 22.8 Å². The number of nitrogens with zero attached hydrogens (tertiary/aromatic N) is 5. The topological polar surface area (TPSA) is 75.4 Å². The van der Waals surface area contributed by atoms with E-state index in [-0.39, 0.29) is 11.8 Å². The molecule has 0 radical (unpaired) electrons. The lowest BCUT2D eigenvalue weighted by Gasteiger charge is -2.36. The van der Waals surface area contributed by atoms with Crippen molar-refractivity contribution >= 4 is 11.7 Å². The second-order valence-corrected chi connectivity index (χ2v) is 9.10. The minimum Gasteiger partial charge on any atom is -0.436 e. The first kappa shape index (κ1) is 22.8. The zero-order chi connectivity index (χ0) is 24.4. The lowest BCUT2D eigenvalue weighted by molar-refractivity contribution is 0.0747. The fourth-order valence-corrected chi connectivity index (χ4v) is 4.29. The van der Waals surface area contributed by atoms with E-state index >= 15 is 0 Å². The molecule has 7 nitrogen and oxygen atoms in total. The molecule has 0 atom stereocenters. The van der Waals surface area contributed by atoms with Gasteiger partial charge in [0.2, 0.25) is 5.89 Å². The van der Waals surface area contributed by atoms with E-state index in [4.69, 9.17) is 9.40 Å². The normalized spacial score (nSPS) is 13.9. The highest BCUT2D eigenvalue weighted by Crippen LogP contribution is 2.29. The highest BCUT2D eigenvalue weighted by atomic mass is 16.4. The van der Waals surface area contributed by atoms with Gasteiger partial charge in [0.1, 0.15) is 11.6 Å². The molecule has 3 heterocycles. The monoisotopic (exact) mass is 467 g/mol. The third kappa shape index (κ3) is 4.80. The van der Waals surface area contributed by atoms with Crippen LogP contribution in [0.1, 0.15) is 41.6 Å². The van der Waals surface area contributed by atoms with Gasteiger partial charge in [0, 0.05) is 55.0 Å². The van der Waals surface area contributed by atoms with E-state index in [9.17, 15) is 4.79 Å². The molecule has 0 saturated carbocycles. The van der Waals surface area contributed by atoms with Gasteiger partial charge in [-0.05, 0) is 19.1 Å². The van der Waals surface area contributed by atoms with Crippen molar-refractivity contribution < 1.29 is 9.21 Å². The van der Waals surface area contributed by atoms with Crippen molar-refractivity contribution in [3.05, 3.63) is 83.9 Å². The third-order valence-electron chi connectivity index (χ3n) is 6.22. The maximum Gasteiger partial charge on any atom is 0.254 e. The van der Waals surface area contributed by atoms with Crippen LogP contribution >= 0.6 is 0 Å². The smallest absolute Gasteiger partial charge is 0.254 e. The Bertz CT molecular complexity index is 1320. The number of oxazole rings is 1. The predicted molar refractivity (Wildman–Crippen MR) is 136 cm³/mol. The molecule has 0 N–H and O–H groups in total. The molecule has 4 aromatic rings. The Balaban J connectivity index is 1.33. The molecule has 5 rings (SSSR count). The summed E-state index contributed by atoms with van der Waals surface area (Å²) in [5.41, 5.74) is 3.22. The first-order chi connectivity index (χ1) is 17.0. The molecular weight excluding hydrogens is 438 g/mol. The SMILES string of the molecule is Cc1cc(N2CCN(C(=O)c3ccccc3-c3ncc(-c4ccccc4)o3)CC2)nc(C(C)C)n1. The summed E-state index contributed by atoms with van der Waals surface area (Å²) in [6, 6.07) is 19.4. The molecule has 178 valence electrons. The van der Waals surface area contributed by atoms with E-state index in [1.54, 1.807) is 6.20 Å². The Hall–Kier alpha value is -4.00. The number of anilines is 1. The third-order valence-corrected chi connectivity index (χ3v) is 6.22. The quantitative estimate of drug-likeness (QED) is 0.402. The Morgan fingerprint density at radius 1 is 0.943 bits per heavy atom. The van der Waals surface area contributed by atoms with E-state index in [0.29, 0.717) is 35.9 Å². The highest BCUT2D eigenvalue weighted by molar-refractivity contribution is 6.00. The van der Waals surface area contributed by atoms with E-state index in [1.165, 1.54) is 0 Å². The highest BCUT2D eigenvalue weighted by Gasteiger charge is 2.26. The second kappa shape index (κ2) is 9.70. The molecule has 0 aliphatic carbocycles. The summed E-state index contributed by atoms with van der Waals surface area (Å²) < 4.78 is 6.05. The van der Waals surface area contributed by atoms with Crippen LogP contribution in [0.4, 0.5) is 5.82 Å². The van der Waals surface area contributed by atoms with Crippen LogP contribution in [0.5, 0.6) is 0 Å².